The van der Waals surface area contributed by atoms with Crippen LogP contribution in [0.1, 0.15) is 70.3 Å². The van der Waals surface area contributed by atoms with Gasteiger partial charge in [-0.1, -0.05) is 25.0 Å². The van der Waals surface area contributed by atoms with E-state index in [2.05, 4.69) is 42.5 Å². The molecule has 2 saturated heterocycles. The summed E-state index contributed by atoms with van der Waals surface area (Å²) >= 11 is 0. The van der Waals surface area contributed by atoms with Crippen LogP contribution in [0, 0.1) is 23.7 Å². The highest BCUT2D eigenvalue weighted by atomic mass is 16.3. The predicted octanol–water partition coefficient (Wildman–Crippen LogP) is -2.48. The Morgan fingerprint density at radius 3 is 1.81 bits per heavy atom. The number of rotatable bonds is 18. The highest BCUT2D eigenvalue weighted by Crippen LogP contribution is 2.28. The van der Waals surface area contributed by atoms with Crippen molar-refractivity contribution in [2.45, 2.75) is 107 Å². The minimum Gasteiger partial charge on any atom is -0.508 e. The van der Waals surface area contributed by atoms with Crippen molar-refractivity contribution in [3.8, 4) is 5.75 Å². The molecular formula is C39H60N10O8. The first-order valence-electron chi connectivity index (χ1n) is 20.3. The zero-order chi connectivity index (χ0) is 41.1. The average Bonchev–Trinajstić information content (AvgIpc) is 4.00. The molecule has 18 heteroatoms. The number of amides is 7. The van der Waals surface area contributed by atoms with E-state index >= 15 is 0 Å². The normalized spacial score (nSPS) is 27.8. The molecule has 0 bridgehead atoms. The van der Waals surface area contributed by atoms with E-state index in [1.165, 1.54) is 19.1 Å². The number of carbonyl (C=O) groups excluding carboxylic acids is 7. The van der Waals surface area contributed by atoms with Gasteiger partial charge in [0.05, 0.1) is 35.8 Å². The number of phenols is 1. The van der Waals surface area contributed by atoms with Gasteiger partial charge in [-0.25, -0.2) is 0 Å². The molecular weight excluding hydrogens is 736 g/mol. The first-order valence-corrected chi connectivity index (χ1v) is 20.3. The van der Waals surface area contributed by atoms with Crippen molar-refractivity contribution in [3.63, 3.8) is 0 Å². The third-order valence-electron chi connectivity index (χ3n) is 11.8. The number of hydrogen-bond donors (Lipinski definition) is 11. The fourth-order valence-electron chi connectivity index (χ4n) is 8.64. The van der Waals surface area contributed by atoms with Gasteiger partial charge in [-0.3, -0.25) is 33.6 Å². The molecule has 2 heterocycles. The van der Waals surface area contributed by atoms with Crippen LogP contribution in [0.5, 0.6) is 5.75 Å². The first kappa shape index (κ1) is 43.3. The van der Waals surface area contributed by atoms with Gasteiger partial charge in [0.15, 0.2) is 0 Å². The minimum absolute atomic E-state index is 0.0467. The van der Waals surface area contributed by atoms with Crippen LogP contribution in [0.3, 0.4) is 0 Å². The zero-order valence-corrected chi connectivity index (χ0v) is 32.6. The van der Waals surface area contributed by atoms with Gasteiger partial charge < -0.3 is 59.1 Å². The lowest BCUT2D eigenvalue weighted by Crippen LogP contribution is -2.57. The van der Waals surface area contributed by atoms with E-state index in [0.717, 1.165) is 6.42 Å². The maximum Gasteiger partial charge on any atom is 0.243 e. The lowest BCUT2D eigenvalue weighted by molar-refractivity contribution is -0.133. The SMILES string of the molecule is CC(=O)N[C@H]1CCC[C@@H]1C(=O)N[C@H]1CNC[C@@H]1C(=O)N[C@@H](Cc1ccc(O)cc1)C(=O)N[C@H]1CNC[C@@H]1C(=O)N[C@H]1CCC[C@@H]1C(=O)N[C@@H](CCCCN)C(N)=O. The van der Waals surface area contributed by atoms with E-state index in [1.54, 1.807) is 12.1 Å². The van der Waals surface area contributed by atoms with E-state index in [4.69, 9.17) is 11.5 Å². The van der Waals surface area contributed by atoms with Gasteiger partial charge in [0, 0.05) is 51.6 Å². The summed E-state index contributed by atoms with van der Waals surface area (Å²) in [6, 6.07) is 2.49. The Bertz CT molecular complexity index is 1610. The summed E-state index contributed by atoms with van der Waals surface area (Å²) in [4.78, 5) is 92.0. The Kier molecular flexibility index (Phi) is 15.6. The van der Waals surface area contributed by atoms with Crippen molar-refractivity contribution < 1.29 is 38.7 Å². The number of carbonyl (C=O) groups is 7. The molecule has 2 saturated carbocycles. The second-order valence-corrected chi connectivity index (χ2v) is 15.9. The zero-order valence-electron chi connectivity index (χ0n) is 32.6. The molecule has 4 aliphatic rings. The van der Waals surface area contributed by atoms with Crippen LogP contribution in [0.2, 0.25) is 0 Å². The molecule has 4 fully saturated rings. The Balaban J connectivity index is 1.21. The Labute approximate surface area is 332 Å². The molecule has 1 aromatic carbocycles. The van der Waals surface area contributed by atoms with Crippen molar-refractivity contribution in [1.29, 1.82) is 0 Å². The van der Waals surface area contributed by atoms with Gasteiger partial charge >= 0.3 is 0 Å². The number of aromatic hydroxyl groups is 1. The Morgan fingerprint density at radius 1 is 0.667 bits per heavy atom. The van der Waals surface area contributed by atoms with E-state index in [0.29, 0.717) is 76.6 Å². The Hall–Kier alpha value is -4.81. The number of hydrogen-bond acceptors (Lipinski definition) is 11. The van der Waals surface area contributed by atoms with Crippen molar-refractivity contribution >= 4 is 41.4 Å². The van der Waals surface area contributed by atoms with E-state index < -0.39 is 71.6 Å². The fraction of sp³-hybridized carbons (Fsp3) is 0.667. The molecule has 1 aromatic rings. The van der Waals surface area contributed by atoms with Crippen LogP contribution in [-0.4, -0.2) is 115 Å². The quantitative estimate of drug-likeness (QED) is 0.0692. The van der Waals surface area contributed by atoms with Gasteiger partial charge in [-0.05, 0) is 69.2 Å². The molecule has 2 aliphatic carbocycles. The summed E-state index contributed by atoms with van der Waals surface area (Å²) in [6.45, 7) is 3.08. The molecule has 0 aromatic heterocycles. The Morgan fingerprint density at radius 2 is 1.19 bits per heavy atom. The number of benzene rings is 1. The number of nitrogens with two attached hydrogens (primary N) is 2. The summed E-state index contributed by atoms with van der Waals surface area (Å²) in [7, 11) is 0. The predicted molar refractivity (Wildman–Crippen MR) is 209 cm³/mol. The molecule has 13 N–H and O–H groups in total. The van der Waals surface area contributed by atoms with E-state index in [9.17, 15) is 38.7 Å². The highest BCUT2D eigenvalue weighted by Gasteiger charge is 2.42. The third kappa shape index (κ3) is 11.9. The topological polar surface area (TPSA) is 288 Å². The van der Waals surface area contributed by atoms with Gasteiger partial charge in [-0.2, -0.15) is 0 Å². The van der Waals surface area contributed by atoms with E-state index in [-0.39, 0.29) is 54.9 Å². The highest BCUT2D eigenvalue weighted by molar-refractivity contribution is 5.91. The fourth-order valence-corrected chi connectivity index (χ4v) is 8.64. The average molecular weight is 797 g/mol. The lowest BCUT2D eigenvalue weighted by Gasteiger charge is -2.28. The molecule has 314 valence electrons. The van der Waals surface area contributed by atoms with Crippen molar-refractivity contribution in [2.24, 2.45) is 35.1 Å². The molecule has 18 nitrogen and oxygen atoms in total. The van der Waals surface area contributed by atoms with Crippen molar-refractivity contribution in [3.05, 3.63) is 29.8 Å². The van der Waals surface area contributed by atoms with Crippen LogP contribution >= 0.6 is 0 Å². The van der Waals surface area contributed by atoms with Crippen LogP contribution < -0.4 is 54.0 Å². The van der Waals surface area contributed by atoms with Crippen molar-refractivity contribution in [2.75, 3.05) is 32.7 Å². The molecule has 10 atom stereocenters. The summed E-state index contributed by atoms with van der Waals surface area (Å²) in [6.07, 6.45) is 5.74. The standard InChI is InChI=1S/C39H60N10O8/c1-21(50)44-28-9-4-6-24(28)36(54)48-32-19-42-17-26(32)38(56)47-31(16-22-11-13-23(51)14-12-22)39(57)49-33-20-43-18-27(33)37(55)45-29-10-5-7-25(29)35(53)46-30(34(41)52)8-2-3-15-40/h11-14,24-33,42-43,51H,2-10,15-20,40H2,1H3,(H2,41,52)(H,44,50)(H,45,55)(H,46,53)(H,47,56)(H,48,54)(H,49,57)/t24-,25-,26-,27-,28-,29-,30-,31-,32-,33-/m0/s1. The summed E-state index contributed by atoms with van der Waals surface area (Å²) < 4.78 is 0. The molecule has 0 radical (unpaired) electrons. The maximum absolute atomic E-state index is 14.0. The molecule has 2 aliphatic heterocycles. The number of phenolic OH excluding ortho intramolecular Hbond substituents is 1. The minimum atomic E-state index is -1.06. The summed E-state index contributed by atoms with van der Waals surface area (Å²) in [5.41, 5.74) is 11.8. The van der Waals surface area contributed by atoms with E-state index in [1.807, 2.05) is 0 Å². The van der Waals surface area contributed by atoms with Crippen LogP contribution in [0.25, 0.3) is 0 Å². The number of unbranched alkanes of at least 4 members (excludes halogenated alkanes) is 1. The molecule has 57 heavy (non-hydrogen) atoms. The molecule has 0 unspecified atom stereocenters. The van der Waals surface area contributed by atoms with Crippen molar-refractivity contribution in [1.82, 2.24) is 42.5 Å². The first-order chi connectivity index (χ1) is 27.3. The monoisotopic (exact) mass is 796 g/mol. The maximum atomic E-state index is 14.0. The smallest absolute Gasteiger partial charge is 0.243 e. The summed E-state index contributed by atoms with van der Waals surface area (Å²) in [5, 5.41) is 33.7. The number of nitrogens with one attached hydrogen (secondary N) is 8. The van der Waals surface area contributed by atoms with Crippen LogP contribution in [-0.2, 0) is 40.0 Å². The second kappa shape index (κ2) is 20.6. The van der Waals surface area contributed by atoms with Crippen LogP contribution in [0.4, 0.5) is 0 Å². The molecule has 5 rings (SSSR count). The van der Waals surface area contributed by atoms with Gasteiger partial charge in [0.2, 0.25) is 41.4 Å². The molecule has 7 amide bonds. The third-order valence-corrected chi connectivity index (χ3v) is 11.8. The molecule has 0 spiro atoms. The van der Waals surface area contributed by atoms with Crippen LogP contribution in [0.15, 0.2) is 24.3 Å². The second-order valence-electron chi connectivity index (χ2n) is 15.9. The van der Waals surface area contributed by atoms with Gasteiger partial charge in [-0.15, -0.1) is 0 Å². The largest absolute Gasteiger partial charge is 0.508 e. The van der Waals surface area contributed by atoms with Gasteiger partial charge in [0.25, 0.3) is 0 Å². The lowest BCUT2D eigenvalue weighted by atomic mass is 9.96. The van der Waals surface area contributed by atoms with Gasteiger partial charge in [0.1, 0.15) is 17.8 Å². The summed E-state index contributed by atoms with van der Waals surface area (Å²) in [5.74, 6) is -4.94. The number of primary amides is 1.